The molecule has 10 aromatic carbocycles. The van der Waals surface area contributed by atoms with Gasteiger partial charge in [-0.2, -0.15) is 0 Å². The number of pyridine rings is 3. The summed E-state index contributed by atoms with van der Waals surface area (Å²) in [5.74, 6) is 0. The number of nitrogens with zero attached hydrogens (tertiary/aromatic N) is 3. The van der Waals surface area contributed by atoms with Crippen LogP contribution in [0.5, 0.6) is 0 Å². The first kappa shape index (κ1) is 49.7. The Bertz CT molecular complexity index is 4360. The van der Waals surface area contributed by atoms with Crippen LogP contribution < -0.4 is 0 Å². The van der Waals surface area contributed by atoms with E-state index in [1.165, 1.54) is 5.56 Å². The van der Waals surface area contributed by atoms with E-state index in [1.54, 1.807) is 0 Å². The van der Waals surface area contributed by atoms with Gasteiger partial charge in [0.15, 0.2) is 0 Å². The molecule has 376 valence electrons. The molecule has 0 amide bonds. The Morgan fingerprint density at radius 1 is 0.275 bits per heavy atom. The summed E-state index contributed by atoms with van der Waals surface area (Å²) < 4.78 is 6.57. The van der Waals surface area contributed by atoms with E-state index in [-0.39, 0.29) is 20.1 Å². The maximum Gasteiger partial charge on any atom is 3.00 e. The van der Waals surface area contributed by atoms with Crippen LogP contribution in [0.3, 0.4) is 0 Å². The zero-order valence-corrected chi connectivity index (χ0v) is 45.5. The molecule has 80 heavy (non-hydrogen) atoms. The summed E-state index contributed by atoms with van der Waals surface area (Å²) in [6, 6.07) is 101. The molecule has 14 aromatic rings. The smallest absolute Gasteiger partial charge is 0.501 e. The first-order valence-electron chi connectivity index (χ1n) is 26.5. The summed E-state index contributed by atoms with van der Waals surface area (Å²) in [4.78, 5) is 15.2. The van der Waals surface area contributed by atoms with Crippen molar-refractivity contribution in [1.82, 2.24) is 15.0 Å². The van der Waals surface area contributed by atoms with E-state index in [4.69, 9.17) is 19.4 Å². The van der Waals surface area contributed by atoms with Crippen molar-refractivity contribution in [3.8, 4) is 123 Å². The molecule has 0 spiro atoms. The van der Waals surface area contributed by atoms with E-state index < -0.39 is 0 Å². The minimum absolute atomic E-state index is 0. The Labute approximate surface area is 478 Å². The van der Waals surface area contributed by atoms with Crippen LogP contribution in [0.4, 0.5) is 0 Å². The SMILES string of the molecule is [Ir+3].[c-]1ccccc1-c1ccc(-c2ccccc2-c2cc(-c3ccccc3-c3ccc(-c4[c-]cccc4)nc3)cc(-c3ccccc3-c3cnc(-c4[c-]ccc5c4oc4ccccc45)cc3-c3ccc(-c4ccccc4)cc3)c2)cn1. The molecule has 0 bridgehead atoms. The number of furan rings is 1. The first-order valence-corrected chi connectivity index (χ1v) is 26.5. The van der Waals surface area contributed by atoms with Crippen molar-refractivity contribution in [2.75, 3.05) is 0 Å². The first-order chi connectivity index (χ1) is 39.2. The Kier molecular flexibility index (Phi) is 13.6. The maximum absolute atomic E-state index is 6.57. The van der Waals surface area contributed by atoms with E-state index in [1.807, 2.05) is 91.4 Å². The predicted molar refractivity (Wildman–Crippen MR) is 323 cm³/mol. The van der Waals surface area contributed by atoms with Gasteiger partial charge in [-0.3, -0.25) is 0 Å². The number of para-hydroxylation sites is 1. The van der Waals surface area contributed by atoms with Crippen LogP contribution in [-0.2, 0) is 20.1 Å². The van der Waals surface area contributed by atoms with Crippen molar-refractivity contribution in [2.45, 2.75) is 0 Å². The minimum Gasteiger partial charge on any atom is -0.501 e. The van der Waals surface area contributed by atoms with Gasteiger partial charge in [-0.15, -0.1) is 90.0 Å². The number of hydrogen-bond donors (Lipinski definition) is 0. The molecule has 0 saturated heterocycles. The van der Waals surface area contributed by atoms with E-state index in [0.29, 0.717) is 0 Å². The van der Waals surface area contributed by atoms with Gasteiger partial charge in [-0.25, -0.2) is 0 Å². The average molecular weight is 1200 g/mol. The van der Waals surface area contributed by atoms with Gasteiger partial charge in [0.2, 0.25) is 0 Å². The molecule has 0 saturated carbocycles. The second-order valence-corrected chi connectivity index (χ2v) is 19.6. The predicted octanol–water partition coefficient (Wildman–Crippen LogP) is 19.5. The van der Waals surface area contributed by atoms with Crippen LogP contribution in [0.15, 0.2) is 284 Å². The molecule has 0 N–H and O–H groups in total. The molecule has 5 heteroatoms. The summed E-state index contributed by atoms with van der Waals surface area (Å²) in [7, 11) is 0. The Morgan fingerprint density at radius 3 is 1.29 bits per heavy atom. The van der Waals surface area contributed by atoms with Crippen LogP contribution in [0.2, 0.25) is 0 Å². The molecule has 0 aliphatic rings. The third-order valence-corrected chi connectivity index (χ3v) is 14.9. The Morgan fingerprint density at radius 2 is 0.738 bits per heavy atom. The van der Waals surface area contributed by atoms with Gasteiger partial charge in [-0.1, -0.05) is 187 Å². The number of hydrogen-bond acceptors (Lipinski definition) is 4. The Balaban J connectivity index is 0.00000605. The van der Waals surface area contributed by atoms with Gasteiger partial charge < -0.3 is 19.4 Å². The van der Waals surface area contributed by atoms with Crippen LogP contribution >= 0.6 is 0 Å². The van der Waals surface area contributed by atoms with Crippen molar-refractivity contribution in [3.63, 3.8) is 0 Å². The third kappa shape index (κ3) is 9.56. The molecule has 0 radical (unpaired) electrons. The zero-order chi connectivity index (χ0) is 52.5. The minimum atomic E-state index is 0. The molecule has 0 atom stereocenters. The van der Waals surface area contributed by atoms with Gasteiger partial charge in [-0.05, 0) is 125 Å². The second-order valence-electron chi connectivity index (χ2n) is 19.6. The van der Waals surface area contributed by atoms with Crippen LogP contribution in [0.25, 0.3) is 145 Å². The number of benzene rings is 10. The summed E-state index contributed by atoms with van der Waals surface area (Å²) >= 11 is 0. The molecule has 4 nitrogen and oxygen atoms in total. The van der Waals surface area contributed by atoms with Crippen molar-refractivity contribution in [2.24, 2.45) is 0 Å². The largest absolute Gasteiger partial charge is 3.00 e. The molecular weight excluding hydrogens is 1150 g/mol. The summed E-state index contributed by atoms with van der Waals surface area (Å²) in [5, 5.41) is 2.10. The molecule has 0 aliphatic heterocycles. The average Bonchev–Trinajstić information content (AvgIpc) is 4.00. The molecule has 0 unspecified atom stereocenters. The van der Waals surface area contributed by atoms with Crippen LogP contribution in [0, 0.1) is 18.2 Å². The maximum atomic E-state index is 6.57. The van der Waals surface area contributed by atoms with Crippen molar-refractivity contribution >= 4 is 21.9 Å². The second kappa shape index (κ2) is 21.9. The summed E-state index contributed by atoms with van der Waals surface area (Å²) in [5.41, 5.74) is 24.0. The number of fused-ring (bicyclic) bond motifs is 3. The monoisotopic (exact) mass is 1200 g/mol. The molecular formula is C75H46IrN3O. The van der Waals surface area contributed by atoms with E-state index in [2.05, 4.69) is 206 Å². The fourth-order valence-electron chi connectivity index (χ4n) is 11.0. The van der Waals surface area contributed by atoms with Gasteiger partial charge in [0.05, 0.1) is 5.58 Å². The molecule has 14 rings (SSSR count). The van der Waals surface area contributed by atoms with Gasteiger partial charge in [0.1, 0.15) is 5.58 Å². The number of aromatic nitrogens is 3. The quantitative estimate of drug-likeness (QED) is 0.121. The fourth-order valence-corrected chi connectivity index (χ4v) is 11.0. The standard InChI is InChI=1S/C75H46N3O.Ir/c1-4-19-50(20-5-1)51-35-37-52(38-36-51)69-46-73(68-33-18-32-67-66-31-16-17-34-74(66)79-75(67)68)78-49-70(69)65-30-15-14-29-64(65)59-44-57(62-27-12-10-25-60(62)55-39-41-71(76-47-55)53-21-6-2-7-22-53)43-58(45-59)63-28-13-11-26-61(63)56-40-42-72(77-48-56)54-23-8-3-9-24-54;/h1-21,23,25-32,34-49H;/q-3;+3. The summed E-state index contributed by atoms with van der Waals surface area (Å²) in [6.07, 6.45) is 5.99. The zero-order valence-electron chi connectivity index (χ0n) is 43.1. The molecule has 0 aliphatic carbocycles. The topological polar surface area (TPSA) is 51.8 Å². The molecule has 0 fully saturated rings. The van der Waals surface area contributed by atoms with Gasteiger partial charge in [0.25, 0.3) is 0 Å². The van der Waals surface area contributed by atoms with Crippen molar-refractivity contribution in [1.29, 1.82) is 0 Å². The normalized spacial score (nSPS) is 11.2. The van der Waals surface area contributed by atoms with Crippen molar-refractivity contribution in [3.05, 3.63) is 298 Å². The van der Waals surface area contributed by atoms with Crippen LogP contribution in [-0.4, -0.2) is 15.0 Å². The van der Waals surface area contributed by atoms with Gasteiger partial charge in [0, 0.05) is 29.5 Å². The van der Waals surface area contributed by atoms with Gasteiger partial charge >= 0.3 is 20.1 Å². The molecule has 4 aromatic heterocycles. The van der Waals surface area contributed by atoms with E-state index in [0.717, 1.165) is 139 Å². The van der Waals surface area contributed by atoms with Crippen LogP contribution in [0.1, 0.15) is 0 Å². The Hall–Kier alpha value is -9.90. The third-order valence-electron chi connectivity index (χ3n) is 14.9. The van der Waals surface area contributed by atoms with Crippen molar-refractivity contribution < 1.29 is 24.5 Å². The molecule has 4 heterocycles. The number of rotatable bonds is 11. The summed E-state index contributed by atoms with van der Waals surface area (Å²) in [6.45, 7) is 0. The van der Waals surface area contributed by atoms with E-state index in [9.17, 15) is 0 Å². The van der Waals surface area contributed by atoms with E-state index >= 15 is 0 Å². The fraction of sp³-hybridized carbons (Fsp3) is 0.